The molecule has 156 valence electrons. The molecule has 7 heteroatoms. The number of fused-ring (bicyclic) bond motifs is 1. The first-order chi connectivity index (χ1) is 15.0. The standard InChI is InChI=1S/C24H21FN4O2/c1-15-2-6-21(25)23-20(15)12-18(28-24(23)31)5-7-22(30)29-10-8-16(9-11-29)17-3-4-19(13-26)27-14-17/h2-4,6,8,12,14H,5,7,9-11H2,1H3,(H,28,31). The van der Waals surface area contributed by atoms with Crippen molar-refractivity contribution >= 4 is 22.3 Å². The highest BCUT2D eigenvalue weighted by atomic mass is 19.1. The number of aryl methyl sites for hydroxylation is 2. The van der Waals surface area contributed by atoms with E-state index in [4.69, 9.17) is 5.26 Å². The molecule has 1 amide bonds. The number of aromatic nitrogens is 2. The van der Waals surface area contributed by atoms with Crippen molar-refractivity contribution < 1.29 is 9.18 Å². The van der Waals surface area contributed by atoms with E-state index in [1.54, 1.807) is 29.3 Å². The summed E-state index contributed by atoms with van der Waals surface area (Å²) in [5, 5.41) is 9.49. The molecule has 4 rings (SSSR count). The third-order valence-corrected chi connectivity index (χ3v) is 5.65. The Morgan fingerprint density at radius 1 is 1.32 bits per heavy atom. The lowest BCUT2D eigenvalue weighted by molar-refractivity contribution is -0.130. The Balaban J connectivity index is 1.42. The molecule has 0 bridgehead atoms. The quantitative estimate of drug-likeness (QED) is 0.705. The van der Waals surface area contributed by atoms with Crippen molar-refractivity contribution in [2.24, 2.45) is 0 Å². The number of nitrogens with zero attached hydrogens (tertiary/aromatic N) is 3. The minimum absolute atomic E-state index is 0.00478. The third kappa shape index (κ3) is 4.24. The SMILES string of the molecule is Cc1ccc(F)c2c(=O)[nH]c(CCC(=O)N3CC=C(c4ccc(C#N)nc4)CC3)cc12. The number of aromatic amines is 1. The van der Waals surface area contributed by atoms with E-state index < -0.39 is 11.4 Å². The molecule has 3 heterocycles. The van der Waals surface area contributed by atoms with Crippen LogP contribution in [-0.4, -0.2) is 33.9 Å². The maximum absolute atomic E-state index is 14.0. The summed E-state index contributed by atoms with van der Waals surface area (Å²) in [5.41, 5.74) is 3.42. The van der Waals surface area contributed by atoms with Crippen LogP contribution in [0.5, 0.6) is 0 Å². The molecule has 1 aliphatic rings. The molecule has 1 aromatic carbocycles. The average molecular weight is 416 g/mol. The lowest BCUT2D eigenvalue weighted by atomic mass is 10.0. The number of carbonyl (C=O) groups excluding carboxylic acids is 1. The fourth-order valence-electron chi connectivity index (χ4n) is 3.87. The third-order valence-electron chi connectivity index (χ3n) is 5.65. The Hall–Kier alpha value is -3.79. The molecule has 0 saturated heterocycles. The zero-order chi connectivity index (χ0) is 22.0. The first-order valence-corrected chi connectivity index (χ1v) is 10.1. The van der Waals surface area contributed by atoms with Crippen molar-refractivity contribution in [2.75, 3.05) is 13.1 Å². The Morgan fingerprint density at radius 2 is 2.16 bits per heavy atom. The Labute approximate surface area is 178 Å². The van der Waals surface area contributed by atoms with Gasteiger partial charge in [0.1, 0.15) is 17.6 Å². The molecule has 3 aromatic rings. The molecule has 1 N–H and O–H groups in total. The number of H-pyrrole nitrogens is 1. The van der Waals surface area contributed by atoms with Crippen LogP contribution in [0.2, 0.25) is 0 Å². The van der Waals surface area contributed by atoms with Crippen LogP contribution in [0.15, 0.2) is 47.4 Å². The smallest absolute Gasteiger partial charge is 0.259 e. The highest BCUT2D eigenvalue weighted by Gasteiger charge is 2.18. The molecule has 0 atom stereocenters. The number of nitrogens with one attached hydrogen (secondary N) is 1. The summed E-state index contributed by atoms with van der Waals surface area (Å²) >= 11 is 0. The van der Waals surface area contributed by atoms with E-state index in [1.807, 2.05) is 25.1 Å². The van der Waals surface area contributed by atoms with Gasteiger partial charge in [-0.25, -0.2) is 9.37 Å². The number of nitriles is 1. The maximum Gasteiger partial charge on any atom is 0.259 e. The zero-order valence-electron chi connectivity index (χ0n) is 17.1. The van der Waals surface area contributed by atoms with E-state index >= 15 is 0 Å². The fourth-order valence-corrected chi connectivity index (χ4v) is 3.87. The Morgan fingerprint density at radius 3 is 2.84 bits per heavy atom. The Kier molecular flexibility index (Phi) is 5.63. The Bertz CT molecular complexity index is 1290. The van der Waals surface area contributed by atoms with Gasteiger partial charge >= 0.3 is 0 Å². The minimum atomic E-state index is -0.544. The topological polar surface area (TPSA) is 89.9 Å². The first-order valence-electron chi connectivity index (χ1n) is 10.1. The minimum Gasteiger partial charge on any atom is -0.339 e. The van der Waals surface area contributed by atoms with Gasteiger partial charge in [0.05, 0.1) is 5.39 Å². The molecule has 0 radical (unpaired) electrons. The number of hydrogen-bond donors (Lipinski definition) is 1. The van der Waals surface area contributed by atoms with Crippen LogP contribution in [0.4, 0.5) is 4.39 Å². The first kappa shape index (κ1) is 20.5. The van der Waals surface area contributed by atoms with Gasteiger partial charge < -0.3 is 9.88 Å². The van der Waals surface area contributed by atoms with Crippen LogP contribution < -0.4 is 5.56 Å². The lowest BCUT2D eigenvalue weighted by Crippen LogP contribution is -2.34. The summed E-state index contributed by atoms with van der Waals surface area (Å²) in [4.78, 5) is 33.6. The lowest BCUT2D eigenvalue weighted by Gasteiger charge is -2.26. The molecule has 0 spiro atoms. The summed E-state index contributed by atoms with van der Waals surface area (Å²) in [7, 11) is 0. The number of rotatable bonds is 4. The molecule has 0 unspecified atom stereocenters. The summed E-state index contributed by atoms with van der Waals surface area (Å²) in [6.45, 7) is 2.94. The van der Waals surface area contributed by atoms with Gasteiger partial charge in [0.15, 0.2) is 0 Å². The van der Waals surface area contributed by atoms with Crippen LogP contribution >= 0.6 is 0 Å². The molecule has 31 heavy (non-hydrogen) atoms. The summed E-state index contributed by atoms with van der Waals surface area (Å²) in [6, 6.07) is 10.3. The van der Waals surface area contributed by atoms with Gasteiger partial charge in [0, 0.05) is 31.4 Å². The predicted octanol–water partition coefficient (Wildman–Crippen LogP) is 3.49. The van der Waals surface area contributed by atoms with Gasteiger partial charge in [0.2, 0.25) is 5.91 Å². The summed E-state index contributed by atoms with van der Waals surface area (Å²) in [5.74, 6) is -0.539. The van der Waals surface area contributed by atoms with E-state index in [0.29, 0.717) is 42.7 Å². The van der Waals surface area contributed by atoms with E-state index in [-0.39, 0.29) is 17.7 Å². The number of benzene rings is 1. The number of amides is 1. The maximum atomic E-state index is 14.0. The van der Waals surface area contributed by atoms with Gasteiger partial charge in [0.25, 0.3) is 5.56 Å². The van der Waals surface area contributed by atoms with Crippen molar-refractivity contribution in [3.63, 3.8) is 0 Å². The van der Waals surface area contributed by atoms with Crippen LogP contribution in [0.1, 0.15) is 35.4 Å². The molecule has 2 aromatic heterocycles. The van der Waals surface area contributed by atoms with E-state index in [9.17, 15) is 14.0 Å². The highest BCUT2D eigenvalue weighted by Crippen LogP contribution is 2.23. The molecular weight excluding hydrogens is 395 g/mol. The zero-order valence-corrected chi connectivity index (χ0v) is 17.1. The number of carbonyl (C=O) groups is 1. The van der Waals surface area contributed by atoms with Crippen molar-refractivity contribution in [2.45, 2.75) is 26.2 Å². The van der Waals surface area contributed by atoms with Crippen molar-refractivity contribution in [1.29, 1.82) is 5.26 Å². The number of hydrogen-bond acceptors (Lipinski definition) is 4. The van der Waals surface area contributed by atoms with Crippen molar-refractivity contribution in [3.8, 4) is 6.07 Å². The normalized spacial score (nSPS) is 13.7. The summed E-state index contributed by atoms with van der Waals surface area (Å²) < 4.78 is 14.0. The van der Waals surface area contributed by atoms with Gasteiger partial charge in [-0.2, -0.15) is 5.26 Å². The van der Waals surface area contributed by atoms with Gasteiger partial charge in [-0.1, -0.05) is 18.2 Å². The second-order valence-corrected chi connectivity index (χ2v) is 7.64. The van der Waals surface area contributed by atoms with Gasteiger partial charge in [-0.05, 0) is 60.1 Å². The van der Waals surface area contributed by atoms with Crippen LogP contribution in [0.25, 0.3) is 16.3 Å². The van der Waals surface area contributed by atoms with Crippen LogP contribution in [0, 0.1) is 24.1 Å². The molecule has 1 aliphatic heterocycles. The largest absolute Gasteiger partial charge is 0.339 e. The second-order valence-electron chi connectivity index (χ2n) is 7.64. The monoisotopic (exact) mass is 416 g/mol. The number of halogens is 1. The molecular formula is C24H21FN4O2. The highest BCUT2D eigenvalue weighted by molar-refractivity contribution is 5.85. The van der Waals surface area contributed by atoms with Crippen molar-refractivity contribution in [3.05, 3.63) is 81.3 Å². The van der Waals surface area contributed by atoms with E-state index in [1.165, 1.54) is 6.07 Å². The summed E-state index contributed by atoms with van der Waals surface area (Å²) in [6.07, 6.45) is 5.05. The second kappa shape index (κ2) is 8.52. The molecule has 0 saturated carbocycles. The van der Waals surface area contributed by atoms with E-state index in [0.717, 1.165) is 16.7 Å². The number of pyridine rings is 2. The fraction of sp³-hybridized carbons (Fsp3) is 0.250. The van der Waals surface area contributed by atoms with Crippen LogP contribution in [0.3, 0.4) is 0 Å². The van der Waals surface area contributed by atoms with E-state index in [2.05, 4.69) is 9.97 Å². The molecule has 0 fully saturated rings. The average Bonchev–Trinajstić information content (AvgIpc) is 2.80. The van der Waals surface area contributed by atoms with Crippen molar-refractivity contribution in [1.82, 2.24) is 14.9 Å². The van der Waals surface area contributed by atoms with Gasteiger partial charge in [-0.3, -0.25) is 9.59 Å². The molecule has 0 aliphatic carbocycles. The van der Waals surface area contributed by atoms with Gasteiger partial charge in [-0.15, -0.1) is 0 Å². The van der Waals surface area contributed by atoms with Crippen LogP contribution in [-0.2, 0) is 11.2 Å². The molecule has 6 nitrogen and oxygen atoms in total. The predicted molar refractivity (Wildman–Crippen MR) is 116 cm³/mol.